The van der Waals surface area contributed by atoms with Crippen molar-refractivity contribution in [3.8, 4) is 5.75 Å². The molecular weight excluding hydrogens is 360 g/mol. The Morgan fingerprint density at radius 3 is 2.61 bits per heavy atom. The van der Waals surface area contributed by atoms with Crippen LogP contribution >= 0.6 is 0 Å². The van der Waals surface area contributed by atoms with Gasteiger partial charge in [-0.2, -0.15) is 0 Å². The third-order valence-electron chi connectivity index (χ3n) is 5.03. The van der Waals surface area contributed by atoms with Gasteiger partial charge in [0.15, 0.2) is 18.0 Å². The molecule has 0 aliphatic carbocycles. The first-order valence-corrected chi connectivity index (χ1v) is 9.23. The number of nitrogens with one attached hydrogen (secondary N) is 1. The Labute approximate surface area is 160 Å². The van der Waals surface area contributed by atoms with Crippen LogP contribution in [-0.2, 0) is 4.79 Å². The molecule has 7 nitrogen and oxygen atoms in total. The number of ketones is 1. The molecule has 3 aromatic rings. The zero-order valence-electron chi connectivity index (χ0n) is 15.2. The summed E-state index contributed by atoms with van der Waals surface area (Å²) in [5.74, 6) is -0.0947. The first-order chi connectivity index (χ1) is 13.6. The number of fused-ring (bicyclic) bond motifs is 1. The molecule has 2 aromatic carbocycles. The second kappa shape index (κ2) is 7.72. The highest BCUT2D eigenvalue weighted by Crippen LogP contribution is 2.23. The van der Waals surface area contributed by atoms with E-state index in [-0.39, 0.29) is 24.2 Å². The van der Waals surface area contributed by atoms with Crippen LogP contribution in [0.3, 0.4) is 0 Å². The normalized spacial score (nSPS) is 14.9. The summed E-state index contributed by atoms with van der Waals surface area (Å²) in [5, 5.41) is 0. The van der Waals surface area contributed by atoms with E-state index in [9.17, 15) is 14.4 Å². The number of aromatic nitrogens is 1. The van der Waals surface area contributed by atoms with E-state index in [0.29, 0.717) is 48.3 Å². The summed E-state index contributed by atoms with van der Waals surface area (Å²) in [5.41, 5.74) is 1.47. The molecule has 0 bridgehead atoms. The fraction of sp³-hybridized carbons (Fsp3) is 0.286. The van der Waals surface area contributed by atoms with E-state index in [0.717, 1.165) is 0 Å². The lowest BCUT2D eigenvalue weighted by atomic mass is 9.89. The van der Waals surface area contributed by atoms with Crippen LogP contribution in [0.4, 0.5) is 0 Å². The summed E-state index contributed by atoms with van der Waals surface area (Å²) in [6, 6.07) is 14.2. The fourth-order valence-corrected chi connectivity index (χ4v) is 3.48. The van der Waals surface area contributed by atoms with Crippen LogP contribution in [0.15, 0.2) is 57.7 Å². The third kappa shape index (κ3) is 3.83. The quantitative estimate of drug-likeness (QED) is 0.687. The average molecular weight is 380 g/mol. The molecule has 4 rings (SSSR count). The highest BCUT2D eigenvalue weighted by atomic mass is 16.5. The number of likely N-dealkylation sites (tertiary alicyclic amines) is 1. The monoisotopic (exact) mass is 380 g/mol. The van der Waals surface area contributed by atoms with Crippen molar-refractivity contribution in [2.75, 3.05) is 19.7 Å². The van der Waals surface area contributed by atoms with Crippen molar-refractivity contribution in [2.45, 2.75) is 12.8 Å². The van der Waals surface area contributed by atoms with Crippen molar-refractivity contribution in [3.05, 3.63) is 64.6 Å². The molecule has 1 saturated heterocycles. The number of H-pyrrole nitrogens is 1. The maximum atomic E-state index is 12.8. The highest BCUT2D eigenvalue weighted by molar-refractivity contribution is 6.00. The number of piperidine rings is 1. The molecule has 28 heavy (non-hydrogen) atoms. The molecule has 0 unspecified atom stereocenters. The van der Waals surface area contributed by atoms with Crippen LogP contribution < -0.4 is 10.5 Å². The number of carbonyl (C=O) groups is 2. The second-order valence-corrected chi connectivity index (χ2v) is 6.85. The number of amides is 1. The molecular formula is C21H20N2O5. The lowest BCUT2D eigenvalue weighted by molar-refractivity contribution is -0.134. The minimum absolute atomic E-state index is 0.00812. The number of oxazole rings is 1. The van der Waals surface area contributed by atoms with Crippen molar-refractivity contribution >= 4 is 22.8 Å². The van der Waals surface area contributed by atoms with Crippen LogP contribution in [0.25, 0.3) is 11.1 Å². The molecule has 0 spiro atoms. The lowest BCUT2D eigenvalue weighted by Crippen LogP contribution is -2.42. The van der Waals surface area contributed by atoms with Gasteiger partial charge in [-0.1, -0.05) is 18.2 Å². The number of para-hydroxylation sites is 1. The van der Waals surface area contributed by atoms with Gasteiger partial charge < -0.3 is 14.1 Å². The van der Waals surface area contributed by atoms with Crippen LogP contribution in [0.2, 0.25) is 0 Å². The SMILES string of the molecule is O=C(c1ccc2[nH]c(=O)oc2c1)C1CCN(C(=O)COc2ccccc2)CC1. The zero-order chi connectivity index (χ0) is 19.5. The van der Waals surface area contributed by atoms with Crippen molar-refractivity contribution in [3.63, 3.8) is 0 Å². The summed E-state index contributed by atoms with van der Waals surface area (Å²) >= 11 is 0. The van der Waals surface area contributed by atoms with Gasteiger partial charge in [-0.15, -0.1) is 0 Å². The second-order valence-electron chi connectivity index (χ2n) is 6.85. The van der Waals surface area contributed by atoms with E-state index < -0.39 is 5.76 Å². The van der Waals surface area contributed by atoms with Gasteiger partial charge >= 0.3 is 5.76 Å². The molecule has 0 radical (unpaired) electrons. The molecule has 1 aliphatic heterocycles. The fourth-order valence-electron chi connectivity index (χ4n) is 3.48. The van der Waals surface area contributed by atoms with Gasteiger partial charge in [0.2, 0.25) is 0 Å². The Bertz CT molecular complexity index is 1050. The van der Waals surface area contributed by atoms with Gasteiger partial charge in [0.25, 0.3) is 5.91 Å². The van der Waals surface area contributed by atoms with Crippen LogP contribution in [0.1, 0.15) is 23.2 Å². The molecule has 1 aromatic heterocycles. The van der Waals surface area contributed by atoms with E-state index in [4.69, 9.17) is 9.15 Å². The number of hydrogen-bond acceptors (Lipinski definition) is 5. The molecule has 0 saturated carbocycles. The number of carbonyl (C=O) groups excluding carboxylic acids is 2. The minimum atomic E-state index is -0.538. The number of aromatic amines is 1. The topological polar surface area (TPSA) is 92.6 Å². The van der Waals surface area contributed by atoms with Crippen molar-refractivity contribution in [2.24, 2.45) is 5.92 Å². The summed E-state index contributed by atoms with van der Waals surface area (Å²) < 4.78 is 10.5. The molecule has 1 fully saturated rings. The smallest absolute Gasteiger partial charge is 0.417 e. The largest absolute Gasteiger partial charge is 0.484 e. The molecule has 144 valence electrons. The maximum absolute atomic E-state index is 12.8. The Balaban J connectivity index is 1.33. The Morgan fingerprint density at radius 1 is 1.11 bits per heavy atom. The molecule has 1 aliphatic rings. The van der Waals surface area contributed by atoms with Gasteiger partial charge in [-0.25, -0.2) is 4.79 Å². The Morgan fingerprint density at radius 2 is 1.86 bits per heavy atom. The van der Waals surface area contributed by atoms with Crippen molar-refractivity contribution < 1.29 is 18.7 Å². The predicted molar refractivity (Wildman–Crippen MR) is 102 cm³/mol. The van der Waals surface area contributed by atoms with E-state index in [1.165, 1.54) is 0 Å². The number of rotatable bonds is 5. The molecule has 1 N–H and O–H groups in total. The van der Waals surface area contributed by atoms with Gasteiger partial charge in [0, 0.05) is 24.6 Å². The molecule has 0 atom stereocenters. The number of nitrogens with zero attached hydrogens (tertiary/aromatic N) is 1. The Hall–Kier alpha value is -3.35. The lowest BCUT2D eigenvalue weighted by Gasteiger charge is -2.31. The molecule has 7 heteroatoms. The van der Waals surface area contributed by atoms with Gasteiger partial charge in [0.1, 0.15) is 5.75 Å². The number of benzene rings is 2. The average Bonchev–Trinajstić information content (AvgIpc) is 3.11. The van der Waals surface area contributed by atoms with Crippen molar-refractivity contribution in [1.29, 1.82) is 0 Å². The van der Waals surface area contributed by atoms with Crippen LogP contribution in [0.5, 0.6) is 5.75 Å². The van der Waals surface area contributed by atoms with Gasteiger partial charge in [0.05, 0.1) is 5.52 Å². The van der Waals surface area contributed by atoms with Crippen molar-refractivity contribution in [1.82, 2.24) is 9.88 Å². The first kappa shape index (κ1) is 18.0. The summed E-state index contributed by atoms with van der Waals surface area (Å²) in [6.45, 7) is 1.04. The third-order valence-corrected chi connectivity index (χ3v) is 5.03. The first-order valence-electron chi connectivity index (χ1n) is 9.23. The molecule has 2 heterocycles. The van der Waals surface area contributed by atoms with E-state index in [1.54, 1.807) is 23.1 Å². The van der Waals surface area contributed by atoms with Crippen LogP contribution in [-0.4, -0.2) is 41.3 Å². The number of ether oxygens (including phenoxy) is 1. The molecule has 1 amide bonds. The van der Waals surface area contributed by atoms with Gasteiger partial charge in [-0.3, -0.25) is 14.6 Å². The van der Waals surface area contributed by atoms with E-state index in [1.807, 2.05) is 30.3 Å². The van der Waals surface area contributed by atoms with Gasteiger partial charge in [-0.05, 0) is 43.2 Å². The summed E-state index contributed by atoms with van der Waals surface area (Å²) in [6.07, 6.45) is 1.20. The van der Waals surface area contributed by atoms with E-state index >= 15 is 0 Å². The standard InChI is InChI=1S/C21H20N2O5/c24-19(13-27-16-4-2-1-3-5-16)23-10-8-14(9-11-23)20(25)15-6-7-17-18(12-15)28-21(26)22-17/h1-7,12,14H,8-11,13H2,(H,22,26). The Kier molecular flexibility index (Phi) is 4.97. The predicted octanol–water partition coefficient (Wildman–Crippen LogP) is 2.62. The number of hydrogen-bond donors (Lipinski definition) is 1. The minimum Gasteiger partial charge on any atom is -0.484 e. The van der Waals surface area contributed by atoms with Crippen LogP contribution in [0, 0.1) is 5.92 Å². The summed E-state index contributed by atoms with van der Waals surface area (Å²) in [7, 11) is 0. The highest BCUT2D eigenvalue weighted by Gasteiger charge is 2.28. The maximum Gasteiger partial charge on any atom is 0.417 e. The van der Waals surface area contributed by atoms with E-state index in [2.05, 4.69) is 4.98 Å². The summed E-state index contributed by atoms with van der Waals surface area (Å²) in [4.78, 5) is 40.7. The number of Topliss-reactive ketones (excluding diaryl/α,β-unsaturated/α-hetero) is 1. The zero-order valence-corrected chi connectivity index (χ0v) is 15.2.